The second-order valence-corrected chi connectivity index (χ2v) is 13.1. The van der Waals surface area contributed by atoms with Crippen LogP contribution in [0.15, 0.2) is 46.6 Å². The van der Waals surface area contributed by atoms with Crippen molar-refractivity contribution in [2.45, 2.75) is 32.1 Å². The zero-order valence-corrected chi connectivity index (χ0v) is 17.5. The summed E-state index contributed by atoms with van der Waals surface area (Å²) < 4.78 is 10.6. The van der Waals surface area contributed by atoms with Crippen molar-refractivity contribution in [3.63, 3.8) is 0 Å². The van der Waals surface area contributed by atoms with Gasteiger partial charge in [-0.25, -0.2) is 0 Å². The van der Waals surface area contributed by atoms with E-state index in [2.05, 4.69) is 29.9 Å². The molecule has 2 aromatic carbocycles. The molecule has 28 heavy (non-hydrogen) atoms. The van der Waals surface area contributed by atoms with Gasteiger partial charge in [-0.05, 0) is 30.7 Å². The molecular formula is C19H25N3O5Si. The van der Waals surface area contributed by atoms with Crippen LogP contribution in [0.25, 0.3) is 0 Å². The molecule has 0 unspecified atom stereocenters. The lowest BCUT2D eigenvalue weighted by atomic mass is 10.2. The van der Waals surface area contributed by atoms with Gasteiger partial charge in [0.2, 0.25) is 0 Å². The van der Waals surface area contributed by atoms with Crippen LogP contribution in [0.4, 0.5) is 17.1 Å². The van der Waals surface area contributed by atoms with Gasteiger partial charge in [0.25, 0.3) is 5.69 Å². The van der Waals surface area contributed by atoms with Crippen LogP contribution in [0, 0.1) is 10.1 Å². The highest BCUT2D eigenvalue weighted by molar-refractivity contribution is 6.76. The molecule has 0 spiro atoms. The summed E-state index contributed by atoms with van der Waals surface area (Å²) >= 11 is 0. The minimum Gasteiger partial charge on any atom is -0.505 e. The Morgan fingerprint density at radius 3 is 2.32 bits per heavy atom. The Hall–Kier alpha value is -2.94. The van der Waals surface area contributed by atoms with Crippen molar-refractivity contribution < 1.29 is 19.5 Å². The van der Waals surface area contributed by atoms with Crippen molar-refractivity contribution in [3.8, 4) is 17.2 Å². The van der Waals surface area contributed by atoms with Crippen LogP contribution in [0.3, 0.4) is 0 Å². The first-order chi connectivity index (χ1) is 13.2. The largest absolute Gasteiger partial charge is 0.505 e. The molecule has 0 saturated carbocycles. The summed E-state index contributed by atoms with van der Waals surface area (Å²) in [6.45, 7) is 7.52. The Labute approximate surface area is 165 Å². The van der Waals surface area contributed by atoms with E-state index in [0.29, 0.717) is 18.1 Å². The van der Waals surface area contributed by atoms with Crippen molar-refractivity contribution in [1.82, 2.24) is 0 Å². The number of azo groups is 1. The van der Waals surface area contributed by atoms with Gasteiger partial charge in [0.1, 0.15) is 22.9 Å². The summed E-state index contributed by atoms with van der Waals surface area (Å²) in [4.78, 5) is 10.6. The van der Waals surface area contributed by atoms with Crippen molar-refractivity contribution in [2.24, 2.45) is 10.2 Å². The van der Waals surface area contributed by atoms with E-state index >= 15 is 0 Å². The number of nitro groups is 1. The fourth-order valence-corrected chi connectivity index (χ4v) is 3.64. The molecule has 0 aromatic heterocycles. The summed E-state index contributed by atoms with van der Waals surface area (Å²) in [6, 6.07) is 10.1. The molecule has 0 fully saturated rings. The van der Waals surface area contributed by atoms with Gasteiger partial charge < -0.3 is 14.6 Å². The number of nitrogens with zero attached hydrogens (tertiary/aromatic N) is 3. The van der Waals surface area contributed by atoms with Crippen LogP contribution >= 0.6 is 0 Å². The van der Waals surface area contributed by atoms with Gasteiger partial charge >= 0.3 is 0 Å². The third-order valence-corrected chi connectivity index (χ3v) is 5.79. The molecule has 0 radical (unpaired) electrons. The third-order valence-electron chi connectivity index (χ3n) is 3.93. The lowest BCUT2D eigenvalue weighted by Crippen LogP contribution is -2.19. The van der Waals surface area contributed by atoms with Crippen LogP contribution in [0.2, 0.25) is 25.7 Å². The molecule has 150 valence electrons. The predicted octanol–water partition coefficient (Wildman–Crippen LogP) is 5.83. The monoisotopic (exact) mass is 403 g/mol. The number of ether oxygens (including phenoxy) is 2. The topological polar surface area (TPSA) is 107 Å². The highest BCUT2D eigenvalue weighted by Crippen LogP contribution is 2.35. The van der Waals surface area contributed by atoms with E-state index in [1.807, 2.05) is 0 Å². The Kier molecular flexibility index (Phi) is 7.10. The molecule has 9 heteroatoms. The minimum atomic E-state index is -1.09. The lowest BCUT2D eigenvalue weighted by Gasteiger charge is -2.15. The van der Waals surface area contributed by atoms with Gasteiger partial charge in [0.05, 0.1) is 24.7 Å². The molecule has 0 saturated heterocycles. The van der Waals surface area contributed by atoms with E-state index in [1.165, 1.54) is 31.4 Å². The van der Waals surface area contributed by atoms with Crippen LogP contribution in [-0.4, -0.2) is 31.8 Å². The molecule has 2 rings (SSSR count). The smallest absolute Gasteiger partial charge is 0.300 e. The van der Waals surface area contributed by atoms with Gasteiger partial charge in [-0.1, -0.05) is 25.7 Å². The Bertz CT molecular complexity index is 865. The van der Waals surface area contributed by atoms with Crippen LogP contribution in [-0.2, 0) is 0 Å². The molecule has 0 bridgehead atoms. The number of hydrogen-bond acceptors (Lipinski definition) is 7. The number of methoxy groups -OCH3 is 1. The van der Waals surface area contributed by atoms with E-state index < -0.39 is 13.0 Å². The minimum absolute atomic E-state index is 0.0665. The maximum atomic E-state index is 11.2. The number of rotatable bonds is 9. The van der Waals surface area contributed by atoms with Gasteiger partial charge in [-0.15, -0.1) is 10.2 Å². The van der Waals surface area contributed by atoms with Gasteiger partial charge in [0, 0.05) is 14.1 Å². The lowest BCUT2D eigenvalue weighted by molar-refractivity contribution is -0.384. The first-order valence-corrected chi connectivity index (χ1v) is 12.6. The second-order valence-electron chi connectivity index (χ2n) is 7.47. The number of nitro benzene ring substituents is 1. The predicted molar refractivity (Wildman–Crippen MR) is 110 cm³/mol. The molecule has 0 aliphatic carbocycles. The number of hydrogen-bond donors (Lipinski definition) is 1. The van der Waals surface area contributed by atoms with Gasteiger partial charge in [-0.3, -0.25) is 10.1 Å². The normalized spacial score (nSPS) is 11.6. The van der Waals surface area contributed by atoms with Crippen LogP contribution < -0.4 is 9.47 Å². The summed E-state index contributed by atoms with van der Waals surface area (Å²) in [5.74, 6) is 0.786. The number of aromatic hydroxyl groups is 1. The summed E-state index contributed by atoms with van der Waals surface area (Å²) in [6.07, 6.45) is 0.971. The number of benzene rings is 2. The number of phenols is 1. The van der Waals surface area contributed by atoms with Crippen LogP contribution in [0.5, 0.6) is 17.2 Å². The van der Waals surface area contributed by atoms with Crippen molar-refractivity contribution in [3.05, 3.63) is 46.5 Å². The Morgan fingerprint density at radius 1 is 1.07 bits per heavy atom. The second kappa shape index (κ2) is 9.31. The highest BCUT2D eigenvalue weighted by atomic mass is 28.3. The van der Waals surface area contributed by atoms with Crippen molar-refractivity contribution >= 4 is 25.1 Å². The molecule has 0 aliphatic rings. The van der Waals surface area contributed by atoms with E-state index in [4.69, 9.17) is 9.47 Å². The van der Waals surface area contributed by atoms with E-state index in [-0.39, 0.29) is 22.8 Å². The maximum Gasteiger partial charge on any atom is 0.300 e. The third kappa shape index (κ3) is 6.34. The average molecular weight is 404 g/mol. The fraction of sp³-hybridized carbons (Fsp3) is 0.368. The molecule has 0 amide bonds. The maximum absolute atomic E-state index is 11.2. The van der Waals surface area contributed by atoms with Gasteiger partial charge in [-0.2, -0.15) is 0 Å². The number of phenolic OH excluding ortho intramolecular Hbond substituents is 1. The first kappa shape index (κ1) is 21.4. The van der Waals surface area contributed by atoms with E-state index in [1.54, 1.807) is 18.2 Å². The van der Waals surface area contributed by atoms with Crippen LogP contribution in [0.1, 0.15) is 6.42 Å². The molecule has 0 heterocycles. The van der Waals surface area contributed by atoms with E-state index in [0.717, 1.165) is 6.42 Å². The Balaban J connectivity index is 2.08. The summed E-state index contributed by atoms with van der Waals surface area (Å²) in [5, 5.41) is 29.1. The van der Waals surface area contributed by atoms with Crippen molar-refractivity contribution in [2.75, 3.05) is 13.7 Å². The quantitative estimate of drug-likeness (QED) is 0.186. The average Bonchev–Trinajstić information content (AvgIpc) is 2.63. The first-order valence-electron chi connectivity index (χ1n) is 8.89. The fourth-order valence-electron chi connectivity index (χ4n) is 2.44. The zero-order chi connectivity index (χ0) is 20.7. The highest BCUT2D eigenvalue weighted by Gasteiger charge is 2.15. The zero-order valence-electron chi connectivity index (χ0n) is 16.5. The molecule has 2 aromatic rings. The van der Waals surface area contributed by atoms with E-state index in [9.17, 15) is 15.2 Å². The molecule has 0 aliphatic heterocycles. The van der Waals surface area contributed by atoms with Gasteiger partial charge in [0.15, 0.2) is 5.69 Å². The summed E-state index contributed by atoms with van der Waals surface area (Å²) in [7, 11) is 0.334. The molecular weight excluding hydrogens is 378 g/mol. The molecule has 0 atom stereocenters. The Morgan fingerprint density at radius 2 is 1.71 bits per heavy atom. The molecule has 1 N–H and O–H groups in total. The molecule has 8 nitrogen and oxygen atoms in total. The van der Waals surface area contributed by atoms with Crippen molar-refractivity contribution in [1.29, 1.82) is 0 Å². The standard InChI is InChI=1S/C19H25N3O5Si/c1-26-14-6-8-16(18(12-14)22(24)25)20-21-17-9-7-15(13-19(17)23)27-10-5-11-28(2,3)4/h6-9,12-13,23H,5,10-11H2,1-4H3/b21-20+. The SMILES string of the molecule is COc1ccc(/N=N/c2ccc(OCCC[Si](C)(C)C)cc2O)c([N+](=O)[O-])c1. The summed E-state index contributed by atoms with van der Waals surface area (Å²) in [5.41, 5.74) is 0.0291.